The first kappa shape index (κ1) is 12.4. The third kappa shape index (κ3) is 3.46. The van der Waals surface area contributed by atoms with Crippen LogP contribution in [0.25, 0.3) is 11.5 Å². The fraction of sp³-hybridized carbons (Fsp3) is 0.273. The van der Waals surface area contributed by atoms with Crippen molar-refractivity contribution in [2.24, 2.45) is 0 Å². The average Bonchev–Trinajstić information content (AvgIpc) is 2.79. The molecular weight excluding hydrogens is 260 g/mol. The first-order valence-electron chi connectivity index (χ1n) is 5.06. The zero-order valence-corrected chi connectivity index (χ0v) is 10.5. The van der Waals surface area contributed by atoms with Crippen molar-refractivity contribution in [3.63, 3.8) is 0 Å². The molecule has 17 heavy (non-hydrogen) atoms. The number of aliphatic hydroxyl groups is 1. The third-order valence-corrected chi connectivity index (χ3v) is 3.19. The van der Waals surface area contributed by atoms with Crippen molar-refractivity contribution in [1.82, 2.24) is 10.2 Å². The van der Waals surface area contributed by atoms with Crippen LogP contribution in [0.1, 0.15) is 5.89 Å². The van der Waals surface area contributed by atoms with Gasteiger partial charge in [-0.25, -0.2) is 0 Å². The van der Waals surface area contributed by atoms with Crippen molar-refractivity contribution >= 4 is 23.4 Å². The van der Waals surface area contributed by atoms with Crippen LogP contribution in [0.3, 0.4) is 0 Å². The largest absolute Gasteiger partial charge is 0.420 e. The minimum atomic E-state index is 0.156. The first-order chi connectivity index (χ1) is 8.29. The van der Waals surface area contributed by atoms with Crippen LogP contribution in [0.4, 0.5) is 0 Å². The number of aliphatic hydroxyl groups excluding tert-OH is 1. The van der Waals surface area contributed by atoms with Gasteiger partial charge in [0, 0.05) is 16.3 Å². The molecule has 1 heterocycles. The highest BCUT2D eigenvalue weighted by molar-refractivity contribution is 7.98. The van der Waals surface area contributed by atoms with Crippen LogP contribution in [0, 0.1) is 0 Å². The summed E-state index contributed by atoms with van der Waals surface area (Å²) in [6.07, 6.45) is 0. The Morgan fingerprint density at radius 2 is 2.00 bits per heavy atom. The van der Waals surface area contributed by atoms with E-state index in [2.05, 4.69) is 10.2 Å². The summed E-state index contributed by atoms with van der Waals surface area (Å²) in [4.78, 5) is 0. The Hall–Kier alpha value is -1.04. The number of thioether (sulfide) groups is 1. The van der Waals surface area contributed by atoms with Gasteiger partial charge in [-0.2, -0.15) is 0 Å². The molecule has 0 spiro atoms. The molecule has 1 N–H and O–H groups in total. The van der Waals surface area contributed by atoms with E-state index in [-0.39, 0.29) is 6.61 Å². The van der Waals surface area contributed by atoms with Crippen molar-refractivity contribution in [2.75, 3.05) is 12.4 Å². The molecule has 2 rings (SSSR count). The molecule has 0 aliphatic rings. The quantitative estimate of drug-likeness (QED) is 0.847. The van der Waals surface area contributed by atoms with E-state index >= 15 is 0 Å². The molecular formula is C11H11ClN2O2S. The Kier molecular flexibility index (Phi) is 4.42. The monoisotopic (exact) mass is 270 g/mol. The first-order valence-corrected chi connectivity index (χ1v) is 6.60. The molecule has 0 saturated carbocycles. The summed E-state index contributed by atoms with van der Waals surface area (Å²) in [6.45, 7) is 0.156. The Balaban J connectivity index is 2.04. The topological polar surface area (TPSA) is 59.2 Å². The van der Waals surface area contributed by atoms with Crippen LogP contribution in [0.15, 0.2) is 28.7 Å². The molecule has 0 saturated heterocycles. The van der Waals surface area contributed by atoms with Gasteiger partial charge in [0.15, 0.2) is 0 Å². The molecule has 0 atom stereocenters. The maximum atomic E-state index is 8.65. The molecule has 0 aliphatic carbocycles. The zero-order chi connectivity index (χ0) is 12.1. The maximum Gasteiger partial charge on any atom is 0.247 e. The van der Waals surface area contributed by atoms with Gasteiger partial charge in [0.2, 0.25) is 11.8 Å². The molecule has 0 unspecified atom stereocenters. The second kappa shape index (κ2) is 6.05. The van der Waals surface area contributed by atoms with E-state index in [1.165, 1.54) is 0 Å². The molecule has 6 heteroatoms. The highest BCUT2D eigenvalue weighted by Crippen LogP contribution is 2.21. The molecule has 90 valence electrons. The second-order valence-corrected chi connectivity index (χ2v) is 4.83. The third-order valence-electron chi connectivity index (χ3n) is 2.02. The smallest absolute Gasteiger partial charge is 0.247 e. The van der Waals surface area contributed by atoms with Crippen LogP contribution in [0.5, 0.6) is 0 Å². The molecule has 0 aliphatic heterocycles. The summed E-state index contributed by atoms with van der Waals surface area (Å²) in [5, 5.41) is 17.2. The Morgan fingerprint density at radius 1 is 1.24 bits per heavy atom. The number of nitrogens with zero attached hydrogens (tertiary/aromatic N) is 2. The van der Waals surface area contributed by atoms with E-state index in [4.69, 9.17) is 21.1 Å². The lowest BCUT2D eigenvalue weighted by molar-refractivity contribution is 0.322. The fourth-order valence-corrected chi connectivity index (χ4v) is 1.94. The van der Waals surface area contributed by atoms with Crippen LogP contribution >= 0.6 is 23.4 Å². The molecule has 1 aromatic carbocycles. The molecule has 0 bridgehead atoms. The second-order valence-electron chi connectivity index (χ2n) is 3.28. The molecule has 4 nitrogen and oxygen atoms in total. The van der Waals surface area contributed by atoms with Gasteiger partial charge in [-0.1, -0.05) is 11.6 Å². The Labute approximate surface area is 108 Å². The SMILES string of the molecule is OCCSCc1nnc(-c2ccc(Cl)cc2)o1. The van der Waals surface area contributed by atoms with Crippen LogP contribution in [-0.4, -0.2) is 27.7 Å². The van der Waals surface area contributed by atoms with Gasteiger partial charge in [0.05, 0.1) is 12.4 Å². The predicted molar refractivity (Wildman–Crippen MR) is 68.0 cm³/mol. The van der Waals surface area contributed by atoms with E-state index < -0.39 is 0 Å². The van der Waals surface area contributed by atoms with Crippen molar-refractivity contribution in [3.8, 4) is 11.5 Å². The fourth-order valence-electron chi connectivity index (χ4n) is 1.25. The molecule has 1 aromatic heterocycles. The Bertz CT molecular complexity index is 473. The summed E-state index contributed by atoms with van der Waals surface area (Å²) in [7, 11) is 0. The summed E-state index contributed by atoms with van der Waals surface area (Å²) in [5.74, 6) is 2.33. The standard InChI is InChI=1S/C11H11ClN2O2S/c12-9-3-1-8(2-4-9)11-14-13-10(16-11)7-17-6-5-15/h1-4,15H,5-7H2. The van der Waals surface area contributed by atoms with E-state index in [1.54, 1.807) is 23.9 Å². The van der Waals surface area contributed by atoms with Gasteiger partial charge in [-0.15, -0.1) is 22.0 Å². The number of hydrogen-bond donors (Lipinski definition) is 1. The van der Waals surface area contributed by atoms with E-state index in [9.17, 15) is 0 Å². The lowest BCUT2D eigenvalue weighted by atomic mass is 10.2. The highest BCUT2D eigenvalue weighted by atomic mass is 35.5. The number of aromatic nitrogens is 2. The summed E-state index contributed by atoms with van der Waals surface area (Å²) < 4.78 is 5.49. The molecule has 2 aromatic rings. The summed E-state index contributed by atoms with van der Waals surface area (Å²) >= 11 is 7.35. The van der Waals surface area contributed by atoms with Gasteiger partial charge in [0.25, 0.3) is 0 Å². The lowest BCUT2D eigenvalue weighted by Crippen LogP contribution is -1.87. The number of halogens is 1. The Morgan fingerprint density at radius 3 is 2.71 bits per heavy atom. The maximum absolute atomic E-state index is 8.65. The highest BCUT2D eigenvalue weighted by Gasteiger charge is 2.08. The molecule has 0 fully saturated rings. The van der Waals surface area contributed by atoms with Crippen LogP contribution in [0.2, 0.25) is 5.02 Å². The van der Waals surface area contributed by atoms with E-state index in [0.29, 0.717) is 28.3 Å². The molecule has 0 amide bonds. The van der Waals surface area contributed by atoms with E-state index in [1.807, 2.05) is 12.1 Å². The number of hydrogen-bond acceptors (Lipinski definition) is 5. The lowest BCUT2D eigenvalue weighted by Gasteiger charge is -1.95. The van der Waals surface area contributed by atoms with Crippen LogP contribution in [-0.2, 0) is 5.75 Å². The number of rotatable bonds is 5. The zero-order valence-electron chi connectivity index (χ0n) is 8.97. The van der Waals surface area contributed by atoms with Gasteiger partial charge in [-0.05, 0) is 24.3 Å². The van der Waals surface area contributed by atoms with Crippen molar-refractivity contribution in [2.45, 2.75) is 5.75 Å². The van der Waals surface area contributed by atoms with Gasteiger partial charge in [-0.3, -0.25) is 0 Å². The average molecular weight is 271 g/mol. The number of benzene rings is 1. The normalized spacial score (nSPS) is 10.7. The predicted octanol–water partition coefficient (Wildman–Crippen LogP) is 2.62. The van der Waals surface area contributed by atoms with Gasteiger partial charge < -0.3 is 9.52 Å². The minimum absolute atomic E-state index is 0.156. The van der Waals surface area contributed by atoms with Crippen LogP contribution < -0.4 is 0 Å². The summed E-state index contributed by atoms with van der Waals surface area (Å²) in [5.41, 5.74) is 0.848. The summed E-state index contributed by atoms with van der Waals surface area (Å²) in [6, 6.07) is 7.23. The van der Waals surface area contributed by atoms with Gasteiger partial charge in [0.1, 0.15) is 0 Å². The van der Waals surface area contributed by atoms with Crippen molar-refractivity contribution in [1.29, 1.82) is 0 Å². The van der Waals surface area contributed by atoms with Crippen molar-refractivity contribution < 1.29 is 9.52 Å². The molecule has 0 radical (unpaired) electrons. The van der Waals surface area contributed by atoms with Crippen molar-refractivity contribution in [3.05, 3.63) is 35.2 Å². The van der Waals surface area contributed by atoms with Gasteiger partial charge >= 0.3 is 0 Å². The van der Waals surface area contributed by atoms with E-state index in [0.717, 1.165) is 5.56 Å². The minimum Gasteiger partial charge on any atom is -0.420 e.